The largest absolute Gasteiger partial charge is 0.471 e. The van der Waals surface area contributed by atoms with E-state index in [-0.39, 0.29) is 18.6 Å². The summed E-state index contributed by atoms with van der Waals surface area (Å²) >= 11 is 0. The van der Waals surface area contributed by atoms with E-state index < -0.39 is 18.1 Å². The fourth-order valence-corrected chi connectivity index (χ4v) is 3.26. The van der Waals surface area contributed by atoms with Gasteiger partial charge in [0.15, 0.2) is 5.78 Å². The minimum Gasteiger partial charge on any atom is -0.345 e. The van der Waals surface area contributed by atoms with Gasteiger partial charge < -0.3 is 5.32 Å². The Morgan fingerprint density at radius 3 is 2.28 bits per heavy atom. The average molecular weight is 399 g/mol. The second kappa shape index (κ2) is 8.47. The van der Waals surface area contributed by atoms with Crippen LogP contribution in [0.2, 0.25) is 0 Å². The molecule has 0 aromatic heterocycles. The molecule has 3 nitrogen and oxygen atoms in total. The summed E-state index contributed by atoms with van der Waals surface area (Å²) < 4.78 is 38.4. The Hall–Kier alpha value is -3.15. The van der Waals surface area contributed by atoms with Gasteiger partial charge >= 0.3 is 12.1 Å². The van der Waals surface area contributed by atoms with Crippen molar-refractivity contribution in [3.8, 4) is 0 Å². The molecule has 0 saturated carbocycles. The number of carbonyl (C=O) groups is 2. The van der Waals surface area contributed by atoms with Crippen LogP contribution < -0.4 is 5.32 Å². The van der Waals surface area contributed by atoms with E-state index in [9.17, 15) is 22.8 Å². The highest BCUT2D eigenvalue weighted by Crippen LogP contribution is 2.22. The zero-order chi connectivity index (χ0) is 21.0. The van der Waals surface area contributed by atoms with Crippen molar-refractivity contribution in [2.75, 3.05) is 0 Å². The summed E-state index contributed by atoms with van der Waals surface area (Å²) in [6.45, 7) is 1.88. The van der Waals surface area contributed by atoms with Crippen LogP contribution >= 0.6 is 0 Å². The van der Waals surface area contributed by atoms with Crippen molar-refractivity contribution in [3.05, 3.63) is 83.4 Å². The fraction of sp³-hybridized carbons (Fsp3) is 0.217. The third-order valence-electron chi connectivity index (χ3n) is 4.74. The van der Waals surface area contributed by atoms with Gasteiger partial charge in [-0.15, -0.1) is 0 Å². The van der Waals surface area contributed by atoms with Crippen molar-refractivity contribution in [3.63, 3.8) is 0 Å². The zero-order valence-electron chi connectivity index (χ0n) is 15.8. The fourth-order valence-electron chi connectivity index (χ4n) is 3.26. The first-order valence-corrected chi connectivity index (χ1v) is 9.18. The van der Waals surface area contributed by atoms with Crippen molar-refractivity contribution in [1.82, 2.24) is 5.32 Å². The van der Waals surface area contributed by atoms with Crippen molar-refractivity contribution in [1.29, 1.82) is 0 Å². The first-order valence-electron chi connectivity index (χ1n) is 9.18. The Labute approximate surface area is 166 Å². The molecule has 0 bridgehead atoms. The van der Waals surface area contributed by atoms with E-state index >= 15 is 0 Å². The molecule has 6 heteroatoms. The highest BCUT2D eigenvalue weighted by Gasteiger charge is 2.40. The van der Waals surface area contributed by atoms with E-state index in [0.717, 1.165) is 21.9 Å². The summed E-state index contributed by atoms with van der Waals surface area (Å²) in [5.41, 5.74) is 2.14. The molecule has 0 aliphatic carbocycles. The molecule has 0 spiro atoms. The van der Waals surface area contributed by atoms with Gasteiger partial charge in [-0.05, 0) is 29.7 Å². The van der Waals surface area contributed by atoms with E-state index in [1.165, 1.54) is 0 Å². The molecule has 0 fully saturated rings. The number of aryl methyl sites for hydroxylation is 1. The van der Waals surface area contributed by atoms with Gasteiger partial charge in [-0.2, -0.15) is 13.2 Å². The molecule has 1 amide bonds. The van der Waals surface area contributed by atoms with Crippen LogP contribution in [-0.4, -0.2) is 23.9 Å². The number of rotatable bonds is 6. The molecule has 0 radical (unpaired) electrons. The van der Waals surface area contributed by atoms with Gasteiger partial charge in [-0.1, -0.05) is 72.3 Å². The van der Waals surface area contributed by atoms with Gasteiger partial charge in [-0.3, -0.25) is 9.59 Å². The molecule has 0 heterocycles. The lowest BCUT2D eigenvalue weighted by Gasteiger charge is -2.20. The normalized spacial score (nSPS) is 12.6. The summed E-state index contributed by atoms with van der Waals surface area (Å²) in [6.07, 6.45) is -5.13. The molecule has 0 aliphatic heterocycles. The maximum Gasteiger partial charge on any atom is 0.471 e. The SMILES string of the molecule is Cc1ccc(C(=O)C[C@@H](Cc2cccc3ccccc23)NC(=O)C(F)(F)F)cc1. The third-order valence-corrected chi connectivity index (χ3v) is 4.74. The number of hydrogen-bond donors (Lipinski definition) is 1. The molecule has 3 aromatic rings. The van der Waals surface area contributed by atoms with Gasteiger partial charge in [0, 0.05) is 18.0 Å². The Kier molecular flexibility index (Phi) is 6.01. The number of Topliss-reactive ketones (excluding diaryl/α,β-unsaturated/α-hetero) is 1. The molecule has 1 N–H and O–H groups in total. The minimum atomic E-state index is -5.01. The predicted octanol–water partition coefficient (Wildman–Crippen LogP) is 5.01. The number of halogens is 3. The zero-order valence-corrected chi connectivity index (χ0v) is 15.8. The molecule has 29 heavy (non-hydrogen) atoms. The van der Waals surface area contributed by atoms with Crippen LogP contribution in [0.5, 0.6) is 0 Å². The van der Waals surface area contributed by atoms with Gasteiger partial charge in [0.1, 0.15) is 0 Å². The number of hydrogen-bond acceptors (Lipinski definition) is 2. The third kappa shape index (κ3) is 5.22. The first kappa shape index (κ1) is 20.6. The van der Waals surface area contributed by atoms with Crippen LogP contribution in [0.4, 0.5) is 13.2 Å². The van der Waals surface area contributed by atoms with Crippen molar-refractivity contribution < 1.29 is 22.8 Å². The summed E-state index contributed by atoms with van der Waals surface area (Å²) in [4.78, 5) is 24.2. The molecule has 150 valence electrons. The molecule has 0 unspecified atom stereocenters. The maximum absolute atomic E-state index is 12.8. The topological polar surface area (TPSA) is 46.2 Å². The van der Waals surface area contributed by atoms with Gasteiger partial charge in [-0.25, -0.2) is 0 Å². The number of nitrogens with one attached hydrogen (secondary N) is 1. The lowest BCUT2D eigenvalue weighted by molar-refractivity contribution is -0.174. The second-order valence-electron chi connectivity index (χ2n) is 7.00. The molecular formula is C23H20F3NO2. The molecule has 1 atom stereocenters. The summed E-state index contributed by atoms with van der Waals surface area (Å²) in [6, 6.07) is 18.8. The van der Waals surface area contributed by atoms with Crippen LogP contribution in [0.25, 0.3) is 10.8 Å². The van der Waals surface area contributed by atoms with E-state index in [4.69, 9.17) is 0 Å². The quantitative estimate of drug-likeness (QED) is 0.592. The van der Waals surface area contributed by atoms with Crippen LogP contribution in [-0.2, 0) is 11.2 Å². The highest BCUT2D eigenvalue weighted by molar-refractivity contribution is 5.97. The number of benzene rings is 3. The van der Waals surface area contributed by atoms with Crippen LogP contribution in [0.1, 0.15) is 27.9 Å². The number of amides is 1. The van der Waals surface area contributed by atoms with Crippen LogP contribution in [0.15, 0.2) is 66.7 Å². The number of carbonyl (C=O) groups excluding carboxylic acids is 2. The molecule has 3 aromatic carbocycles. The molecular weight excluding hydrogens is 379 g/mol. The Balaban J connectivity index is 1.87. The highest BCUT2D eigenvalue weighted by atomic mass is 19.4. The Bertz CT molecular complexity index is 1020. The van der Waals surface area contributed by atoms with Gasteiger partial charge in [0.25, 0.3) is 0 Å². The monoisotopic (exact) mass is 399 g/mol. The molecule has 3 rings (SSSR count). The standard InChI is InChI=1S/C23H20F3NO2/c1-15-9-11-17(12-10-15)21(28)14-19(27-22(29)23(24,25)26)13-18-7-4-6-16-5-2-3-8-20(16)18/h2-12,19H,13-14H2,1H3,(H,27,29)/t19-/m1/s1. The second-order valence-corrected chi connectivity index (χ2v) is 7.00. The summed E-state index contributed by atoms with van der Waals surface area (Å²) in [5, 5.41) is 3.82. The average Bonchev–Trinajstić information content (AvgIpc) is 2.68. The number of ketones is 1. The van der Waals surface area contributed by atoms with Gasteiger partial charge in [0.2, 0.25) is 0 Å². The van der Waals surface area contributed by atoms with Gasteiger partial charge in [0.05, 0.1) is 0 Å². The van der Waals surface area contributed by atoms with E-state index in [1.807, 2.05) is 48.6 Å². The minimum absolute atomic E-state index is 0.112. The van der Waals surface area contributed by atoms with E-state index in [0.29, 0.717) is 5.56 Å². The van der Waals surface area contributed by atoms with E-state index in [2.05, 4.69) is 0 Å². The van der Waals surface area contributed by atoms with E-state index in [1.54, 1.807) is 30.3 Å². The van der Waals surface area contributed by atoms with Crippen LogP contribution in [0.3, 0.4) is 0 Å². The molecule has 0 saturated heterocycles. The molecule has 0 aliphatic rings. The first-order chi connectivity index (χ1) is 13.7. The van der Waals surface area contributed by atoms with Crippen molar-refractivity contribution in [2.24, 2.45) is 0 Å². The van der Waals surface area contributed by atoms with Crippen LogP contribution in [0, 0.1) is 6.92 Å². The maximum atomic E-state index is 12.8. The summed E-state index contributed by atoms with van der Waals surface area (Å²) in [5.74, 6) is -2.36. The Morgan fingerprint density at radius 1 is 0.931 bits per heavy atom. The van der Waals surface area contributed by atoms with Crippen molar-refractivity contribution >= 4 is 22.5 Å². The lowest BCUT2D eigenvalue weighted by Crippen LogP contribution is -2.45. The number of alkyl halides is 3. The predicted molar refractivity (Wildman–Crippen MR) is 106 cm³/mol. The van der Waals surface area contributed by atoms with Crippen molar-refractivity contribution in [2.45, 2.75) is 32.0 Å². The lowest BCUT2D eigenvalue weighted by atomic mass is 9.94. The number of fused-ring (bicyclic) bond motifs is 1. The Morgan fingerprint density at radius 2 is 1.59 bits per heavy atom. The summed E-state index contributed by atoms with van der Waals surface area (Å²) in [7, 11) is 0. The smallest absolute Gasteiger partial charge is 0.345 e.